The van der Waals surface area contributed by atoms with Crippen molar-refractivity contribution < 1.29 is 13.3 Å². The Balaban J connectivity index is 3.53. The van der Waals surface area contributed by atoms with Crippen LogP contribution in [0.25, 0.3) is 0 Å². The van der Waals surface area contributed by atoms with Gasteiger partial charge in [0.05, 0.1) is 9.82 Å². The Morgan fingerprint density at radius 2 is 2.05 bits per heavy atom. The van der Waals surface area contributed by atoms with Crippen molar-refractivity contribution in [1.29, 1.82) is 0 Å². The van der Waals surface area contributed by atoms with Gasteiger partial charge in [-0.25, -0.2) is 8.42 Å². The third-order valence-corrected chi connectivity index (χ3v) is 5.40. The Hall–Kier alpha value is -1.44. The van der Waals surface area contributed by atoms with Gasteiger partial charge in [-0.3, -0.25) is 10.1 Å². The van der Waals surface area contributed by atoms with Gasteiger partial charge in [-0.2, -0.15) is 4.31 Å². The zero-order valence-corrected chi connectivity index (χ0v) is 13.6. The molecule has 1 aromatic rings. The minimum atomic E-state index is -3.87. The molecule has 6 nitrogen and oxygen atoms in total. The first-order valence-corrected chi connectivity index (χ1v) is 8.02. The summed E-state index contributed by atoms with van der Waals surface area (Å²) in [5.41, 5.74) is -0.0662. The Labute approximate surface area is 129 Å². The summed E-state index contributed by atoms with van der Waals surface area (Å²) in [6.07, 6.45) is 1.47. The van der Waals surface area contributed by atoms with Crippen LogP contribution in [0.5, 0.6) is 0 Å². The third-order valence-electron chi connectivity index (χ3n) is 2.91. The van der Waals surface area contributed by atoms with E-state index >= 15 is 0 Å². The summed E-state index contributed by atoms with van der Waals surface area (Å²) in [5.74, 6) is 0. The summed E-state index contributed by atoms with van der Waals surface area (Å²) in [6, 6.07) is 1.99. The van der Waals surface area contributed by atoms with Crippen LogP contribution in [0.4, 0.5) is 5.69 Å². The van der Waals surface area contributed by atoms with Crippen molar-refractivity contribution in [3.05, 3.63) is 45.5 Å². The highest BCUT2D eigenvalue weighted by Crippen LogP contribution is 2.32. The SMILES string of the molecule is C=CCN(C(C)C)S(=O)(=O)c1cc([N+](=O)[O-])c(Cl)cc1C. The van der Waals surface area contributed by atoms with E-state index in [1.165, 1.54) is 16.4 Å². The van der Waals surface area contributed by atoms with Crippen molar-refractivity contribution in [3.8, 4) is 0 Å². The highest BCUT2D eigenvalue weighted by molar-refractivity contribution is 7.89. The number of sulfonamides is 1. The quantitative estimate of drug-likeness (QED) is 0.455. The predicted molar refractivity (Wildman–Crippen MR) is 82.1 cm³/mol. The molecule has 0 fully saturated rings. The largest absolute Gasteiger partial charge is 0.289 e. The second kappa shape index (κ2) is 6.55. The van der Waals surface area contributed by atoms with Gasteiger partial charge in [0.25, 0.3) is 5.69 Å². The van der Waals surface area contributed by atoms with Gasteiger partial charge < -0.3 is 0 Å². The van der Waals surface area contributed by atoms with Crippen molar-refractivity contribution in [2.75, 3.05) is 6.54 Å². The van der Waals surface area contributed by atoms with E-state index < -0.39 is 20.6 Å². The number of halogens is 1. The van der Waals surface area contributed by atoms with Gasteiger partial charge in [-0.05, 0) is 32.4 Å². The molecule has 1 aromatic carbocycles. The van der Waals surface area contributed by atoms with E-state index in [4.69, 9.17) is 11.6 Å². The predicted octanol–water partition coefficient (Wildman–Crippen LogP) is 3.14. The Kier molecular flexibility index (Phi) is 5.49. The van der Waals surface area contributed by atoms with Gasteiger partial charge in [0.2, 0.25) is 10.0 Å². The van der Waals surface area contributed by atoms with Crippen LogP contribution in [0.2, 0.25) is 5.02 Å². The molecule has 0 aromatic heterocycles. The lowest BCUT2D eigenvalue weighted by atomic mass is 10.2. The van der Waals surface area contributed by atoms with Crippen LogP contribution in [-0.2, 0) is 10.0 Å². The number of nitro benzene ring substituents is 1. The molecule has 0 heterocycles. The van der Waals surface area contributed by atoms with E-state index in [0.29, 0.717) is 5.56 Å². The summed E-state index contributed by atoms with van der Waals surface area (Å²) in [5, 5.41) is 10.9. The Morgan fingerprint density at radius 1 is 1.48 bits per heavy atom. The summed E-state index contributed by atoms with van der Waals surface area (Å²) in [6.45, 7) is 8.65. The zero-order valence-electron chi connectivity index (χ0n) is 12.0. The number of nitrogens with zero attached hydrogens (tertiary/aromatic N) is 2. The molecule has 0 aliphatic carbocycles. The van der Waals surface area contributed by atoms with Gasteiger partial charge in [-0.1, -0.05) is 17.7 Å². The second-order valence-corrected chi connectivity index (χ2v) is 7.05. The molecule has 1 rings (SSSR count). The highest BCUT2D eigenvalue weighted by Gasteiger charge is 2.30. The van der Waals surface area contributed by atoms with E-state index in [1.54, 1.807) is 20.8 Å². The van der Waals surface area contributed by atoms with Crippen molar-refractivity contribution >= 4 is 27.3 Å². The summed E-state index contributed by atoms with van der Waals surface area (Å²) >= 11 is 5.78. The molecule has 0 aliphatic rings. The van der Waals surface area contributed by atoms with Crippen LogP contribution < -0.4 is 0 Å². The van der Waals surface area contributed by atoms with Crippen LogP contribution >= 0.6 is 11.6 Å². The van der Waals surface area contributed by atoms with Crippen LogP contribution in [0, 0.1) is 17.0 Å². The fourth-order valence-corrected chi connectivity index (χ4v) is 4.02. The van der Waals surface area contributed by atoms with Crippen molar-refractivity contribution in [2.24, 2.45) is 0 Å². The van der Waals surface area contributed by atoms with E-state index in [1.807, 2.05) is 0 Å². The van der Waals surface area contributed by atoms with E-state index in [-0.39, 0.29) is 22.5 Å². The molecule has 8 heteroatoms. The van der Waals surface area contributed by atoms with Crippen LogP contribution in [-0.4, -0.2) is 30.2 Å². The third kappa shape index (κ3) is 3.61. The van der Waals surface area contributed by atoms with Gasteiger partial charge in [0.15, 0.2) is 0 Å². The minimum absolute atomic E-state index is 0.0868. The number of benzene rings is 1. The van der Waals surface area contributed by atoms with Crippen molar-refractivity contribution in [2.45, 2.75) is 31.7 Å². The van der Waals surface area contributed by atoms with Gasteiger partial charge >= 0.3 is 0 Å². The molecule has 116 valence electrons. The molecule has 0 spiro atoms. The van der Waals surface area contributed by atoms with Crippen LogP contribution in [0.3, 0.4) is 0 Å². The van der Waals surface area contributed by atoms with E-state index in [0.717, 1.165) is 6.07 Å². The van der Waals surface area contributed by atoms with Crippen LogP contribution in [0.15, 0.2) is 29.7 Å². The fourth-order valence-electron chi connectivity index (χ4n) is 1.90. The number of rotatable bonds is 6. The molecule has 0 atom stereocenters. The standard InChI is InChI=1S/C13H17ClN2O4S/c1-5-6-15(9(2)3)21(19,20)13-8-12(16(17)18)11(14)7-10(13)4/h5,7-9H,1,6H2,2-4H3. The topological polar surface area (TPSA) is 80.5 Å². The Bertz CT molecular complexity index is 671. The minimum Gasteiger partial charge on any atom is -0.258 e. The van der Waals surface area contributed by atoms with Gasteiger partial charge in [0, 0.05) is 18.7 Å². The molecular formula is C13H17ClN2O4S. The number of nitro groups is 1. The summed E-state index contributed by atoms with van der Waals surface area (Å²) in [7, 11) is -3.87. The molecule has 0 unspecified atom stereocenters. The number of aryl methyl sites for hydroxylation is 1. The average Bonchev–Trinajstić information content (AvgIpc) is 2.34. The monoisotopic (exact) mass is 332 g/mol. The maximum absolute atomic E-state index is 12.7. The van der Waals surface area contributed by atoms with Gasteiger partial charge in [0.1, 0.15) is 5.02 Å². The van der Waals surface area contributed by atoms with Crippen LogP contribution in [0.1, 0.15) is 19.4 Å². The van der Waals surface area contributed by atoms with Crippen molar-refractivity contribution in [1.82, 2.24) is 4.31 Å². The zero-order chi connectivity index (χ0) is 16.4. The lowest BCUT2D eigenvalue weighted by molar-refractivity contribution is -0.384. The lowest BCUT2D eigenvalue weighted by Gasteiger charge is -2.25. The van der Waals surface area contributed by atoms with E-state index in [9.17, 15) is 18.5 Å². The maximum Gasteiger partial charge on any atom is 0.289 e. The second-order valence-electron chi connectivity index (χ2n) is 4.78. The molecule has 0 N–H and O–H groups in total. The van der Waals surface area contributed by atoms with Crippen molar-refractivity contribution in [3.63, 3.8) is 0 Å². The summed E-state index contributed by atoms with van der Waals surface area (Å²) in [4.78, 5) is 10.1. The summed E-state index contributed by atoms with van der Waals surface area (Å²) < 4.78 is 26.6. The molecule has 0 amide bonds. The fraction of sp³-hybridized carbons (Fsp3) is 0.385. The number of hydrogen-bond acceptors (Lipinski definition) is 4. The first-order chi connectivity index (χ1) is 9.62. The highest BCUT2D eigenvalue weighted by atomic mass is 35.5. The van der Waals surface area contributed by atoms with Gasteiger partial charge in [-0.15, -0.1) is 6.58 Å². The first kappa shape index (κ1) is 17.6. The molecule has 0 saturated heterocycles. The molecular weight excluding hydrogens is 316 g/mol. The normalized spacial score (nSPS) is 11.9. The molecule has 21 heavy (non-hydrogen) atoms. The Morgan fingerprint density at radius 3 is 2.48 bits per heavy atom. The maximum atomic E-state index is 12.7. The van der Waals surface area contributed by atoms with E-state index in [2.05, 4.69) is 6.58 Å². The number of hydrogen-bond donors (Lipinski definition) is 0. The molecule has 0 saturated carbocycles. The molecule has 0 radical (unpaired) electrons. The molecule has 0 aliphatic heterocycles. The smallest absolute Gasteiger partial charge is 0.258 e. The molecule has 0 bridgehead atoms. The first-order valence-electron chi connectivity index (χ1n) is 6.20. The average molecular weight is 333 g/mol. The lowest BCUT2D eigenvalue weighted by Crippen LogP contribution is -2.37.